The summed E-state index contributed by atoms with van der Waals surface area (Å²) in [4.78, 5) is 14.0. The maximum Gasteiger partial charge on any atom is 0.254 e. The average Bonchev–Trinajstić information content (AvgIpc) is 2.59. The van der Waals surface area contributed by atoms with E-state index in [0.717, 1.165) is 6.42 Å². The third-order valence-electron chi connectivity index (χ3n) is 3.92. The monoisotopic (exact) mass is 351 g/mol. The molecule has 0 saturated carbocycles. The molecule has 0 aliphatic carbocycles. The molecule has 24 heavy (non-hydrogen) atoms. The summed E-state index contributed by atoms with van der Waals surface area (Å²) < 4.78 is 26.5. The van der Waals surface area contributed by atoms with Gasteiger partial charge in [-0.2, -0.15) is 9.57 Å². The Morgan fingerprint density at radius 3 is 2.38 bits per heavy atom. The van der Waals surface area contributed by atoms with Crippen LogP contribution in [0.1, 0.15) is 44.0 Å². The second kappa shape index (κ2) is 8.81. The van der Waals surface area contributed by atoms with Crippen molar-refractivity contribution in [3.8, 4) is 6.07 Å². The molecule has 132 valence electrons. The average molecular weight is 351 g/mol. The maximum atomic E-state index is 12.6. The number of amides is 1. The Morgan fingerprint density at radius 2 is 1.88 bits per heavy atom. The highest BCUT2D eigenvalue weighted by Crippen LogP contribution is 2.18. The number of rotatable bonds is 8. The van der Waals surface area contributed by atoms with Crippen molar-refractivity contribution in [2.75, 3.05) is 20.1 Å². The van der Waals surface area contributed by atoms with Gasteiger partial charge in [-0.1, -0.05) is 33.3 Å². The van der Waals surface area contributed by atoms with E-state index in [-0.39, 0.29) is 16.4 Å². The molecule has 0 aliphatic heterocycles. The first-order valence-electron chi connectivity index (χ1n) is 8.10. The van der Waals surface area contributed by atoms with Gasteiger partial charge in [0.1, 0.15) is 6.04 Å². The van der Waals surface area contributed by atoms with E-state index in [1.165, 1.54) is 21.3 Å². The van der Waals surface area contributed by atoms with Crippen LogP contribution >= 0.6 is 0 Å². The zero-order valence-electron chi connectivity index (χ0n) is 14.7. The van der Waals surface area contributed by atoms with Crippen molar-refractivity contribution in [2.24, 2.45) is 0 Å². The Labute approximate surface area is 144 Å². The number of hydrogen-bond donors (Lipinski definition) is 0. The molecule has 1 aromatic carbocycles. The van der Waals surface area contributed by atoms with Crippen molar-refractivity contribution in [3.05, 3.63) is 29.8 Å². The van der Waals surface area contributed by atoms with Crippen LogP contribution in [-0.2, 0) is 10.0 Å². The van der Waals surface area contributed by atoms with Crippen LogP contribution in [0.3, 0.4) is 0 Å². The minimum atomic E-state index is -3.62. The standard InChI is InChI=1S/C17H25N3O3S/c1-5-9-15(13-18)19(4)17(21)14-10-8-11-16(12-14)24(22,23)20(6-2)7-3/h8,10-12,15H,5-7,9H2,1-4H3. The van der Waals surface area contributed by atoms with Crippen LogP contribution in [-0.4, -0.2) is 49.7 Å². The van der Waals surface area contributed by atoms with Crippen LogP contribution < -0.4 is 0 Å². The molecule has 1 amide bonds. The van der Waals surface area contributed by atoms with Gasteiger partial charge in [0, 0.05) is 25.7 Å². The third kappa shape index (κ3) is 4.34. The fourth-order valence-corrected chi connectivity index (χ4v) is 3.97. The minimum absolute atomic E-state index is 0.0921. The van der Waals surface area contributed by atoms with Crippen molar-refractivity contribution in [1.82, 2.24) is 9.21 Å². The van der Waals surface area contributed by atoms with Gasteiger partial charge in [0.25, 0.3) is 5.91 Å². The second-order valence-electron chi connectivity index (χ2n) is 5.47. The lowest BCUT2D eigenvalue weighted by molar-refractivity contribution is 0.0758. The van der Waals surface area contributed by atoms with E-state index in [9.17, 15) is 18.5 Å². The molecule has 0 aromatic heterocycles. The molecule has 1 rings (SSSR count). The minimum Gasteiger partial charge on any atom is -0.326 e. The van der Waals surface area contributed by atoms with E-state index in [4.69, 9.17) is 0 Å². The number of hydrogen-bond acceptors (Lipinski definition) is 4. The highest BCUT2D eigenvalue weighted by atomic mass is 32.2. The molecule has 1 atom stereocenters. The molecule has 0 spiro atoms. The van der Waals surface area contributed by atoms with Crippen LogP contribution in [0, 0.1) is 11.3 Å². The van der Waals surface area contributed by atoms with Crippen LogP contribution in [0.4, 0.5) is 0 Å². The molecule has 6 nitrogen and oxygen atoms in total. The molecule has 0 aliphatic rings. The van der Waals surface area contributed by atoms with E-state index in [1.54, 1.807) is 33.0 Å². The molecular formula is C17H25N3O3S. The highest BCUT2D eigenvalue weighted by molar-refractivity contribution is 7.89. The number of carbonyl (C=O) groups excluding carboxylic acids is 1. The van der Waals surface area contributed by atoms with Crippen molar-refractivity contribution in [2.45, 2.75) is 44.6 Å². The van der Waals surface area contributed by atoms with Crippen molar-refractivity contribution in [3.63, 3.8) is 0 Å². The molecule has 0 saturated heterocycles. The van der Waals surface area contributed by atoms with Gasteiger partial charge in [-0.25, -0.2) is 8.42 Å². The molecule has 0 bridgehead atoms. The van der Waals surface area contributed by atoms with Crippen molar-refractivity contribution < 1.29 is 13.2 Å². The highest BCUT2D eigenvalue weighted by Gasteiger charge is 2.25. The Kier molecular flexibility index (Phi) is 7.39. The van der Waals surface area contributed by atoms with Gasteiger partial charge in [-0.15, -0.1) is 0 Å². The molecule has 7 heteroatoms. The third-order valence-corrected chi connectivity index (χ3v) is 5.97. The van der Waals surface area contributed by atoms with Crippen molar-refractivity contribution >= 4 is 15.9 Å². The summed E-state index contributed by atoms with van der Waals surface area (Å²) in [6.07, 6.45) is 1.36. The topological polar surface area (TPSA) is 81.5 Å². The lowest BCUT2D eigenvalue weighted by atomic mass is 10.1. The van der Waals surface area contributed by atoms with E-state index in [0.29, 0.717) is 19.5 Å². The number of carbonyl (C=O) groups is 1. The summed E-state index contributed by atoms with van der Waals surface area (Å²) in [7, 11) is -2.05. The Balaban J connectivity index is 3.17. The molecule has 1 aromatic rings. The predicted octanol–water partition coefficient (Wildman–Crippen LogP) is 2.48. The summed E-state index contributed by atoms with van der Waals surface area (Å²) >= 11 is 0. The first kappa shape index (κ1) is 20.1. The largest absolute Gasteiger partial charge is 0.326 e. The number of nitrogens with zero attached hydrogens (tertiary/aromatic N) is 3. The number of sulfonamides is 1. The Bertz CT molecular complexity index is 706. The van der Waals surface area contributed by atoms with Gasteiger partial charge in [-0.05, 0) is 24.6 Å². The van der Waals surface area contributed by atoms with E-state index >= 15 is 0 Å². The lowest BCUT2D eigenvalue weighted by Gasteiger charge is -2.23. The quantitative estimate of drug-likeness (QED) is 0.720. The van der Waals surface area contributed by atoms with Gasteiger partial charge in [-0.3, -0.25) is 4.79 Å². The molecule has 0 radical (unpaired) electrons. The number of nitriles is 1. The summed E-state index contributed by atoms with van der Waals surface area (Å²) in [5.74, 6) is -0.355. The summed E-state index contributed by atoms with van der Waals surface area (Å²) in [6, 6.07) is 7.58. The van der Waals surface area contributed by atoms with Gasteiger partial charge >= 0.3 is 0 Å². The summed E-state index contributed by atoms with van der Waals surface area (Å²) in [5.41, 5.74) is 0.266. The molecular weight excluding hydrogens is 326 g/mol. The van der Waals surface area contributed by atoms with Gasteiger partial charge in [0.2, 0.25) is 10.0 Å². The molecule has 0 fully saturated rings. The first-order chi connectivity index (χ1) is 11.3. The normalized spacial score (nSPS) is 12.7. The second-order valence-corrected chi connectivity index (χ2v) is 7.40. The van der Waals surface area contributed by atoms with E-state index in [2.05, 4.69) is 6.07 Å². The fourth-order valence-electron chi connectivity index (χ4n) is 2.47. The van der Waals surface area contributed by atoms with Gasteiger partial charge in [0.05, 0.1) is 11.0 Å². The van der Waals surface area contributed by atoms with E-state index in [1.807, 2.05) is 6.92 Å². The van der Waals surface area contributed by atoms with Gasteiger partial charge in [0.15, 0.2) is 0 Å². The van der Waals surface area contributed by atoms with Crippen molar-refractivity contribution in [1.29, 1.82) is 5.26 Å². The number of benzene rings is 1. The zero-order valence-corrected chi connectivity index (χ0v) is 15.5. The van der Waals surface area contributed by atoms with E-state index < -0.39 is 16.1 Å². The lowest BCUT2D eigenvalue weighted by Crippen LogP contribution is -2.36. The fraction of sp³-hybridized carbons (Fsp3) is 0.529. The predicted molar refractivity (Wildman–Crippen MR) is 93.0 cm³/mol. The zero-order chi connectivity index (χ0) is 18.3. The molecule has 0 heterocycles. The summed E-state index contributed by atoms with van der Waals surface area (Å²) in [6.45, 7) is 6.21. The molecule has 0 N–H and O–H groups in total. The first-order valence-corrected chi connectivity index (χ1v) is 9.54. The molecule has 1 unspecified atom stereocenters. The smallest absolute Gasteiger partial charge is 0.254 e. The van der Waals surface area contributed by atoms with Crippen LogP contribution in [0.15, 0.2) is 29.2 Å². The van der Waals surface area contributed by atoms with Crippen LogP contribution in [0.2, 0.25) is 0 Å². The maximum absolute atomic E-state index is 12.6. The SMILES string of the molecule is CCCC(C#N)N(C)C(=O)c1cccc(S(=O)(=O)N(CC)CC)c1. The summed E-state index contributed by atoms with van der Waals surface area (Å²) in [5, 5.41) is 9.20. The van der Waals surface area contributed by atoms with Crippen LogP contribution in [0.5, 0.6) is 0 Å². The van der Waals surface area contributed by atoms with Gasteiger partial charge < -0.3 is 4.90 Å². The Morgan fingerprint density at radius 1 is 1.25 bits per heavy atom. The Hall–Kier alpha value is -1.91. The van der Waals surface area contributed by atoms with Crippen LogP contribution in [0.25, 0.3) is 0 Å².